The van der Waals surface area contributed by atoms with Crippen LogP contribution in [0.2, 0.25) is 0 Å². The van der Waals surface area contributed by atoms with Gasteiger partial charge in [-0.15, -0.1) is 0 Å². The molecule has 1 aliphatic rings. The van der Waals surface area contributed by atoms with Crippen LogP contribution < -0.4 is 0 Å². The van der Waals surface area contributed by atoms with E-state index in [1.54, 1.807) is 12.1 Å². The van der Waals surface area contributed by atoms with Crippen molar-refractivity contribution in [1.82, 2.24) is 0 Å². The fourth-order valence-electron chi connectivity index (χ4n) is 1.85. The molecule has 0 saturated carbocycles. The quantitative estimate of drug-likeness (QED) is 0.537. The molecule has 4 N–H and O–H groups in total. The predicted octanol–water partition coefficient (Wildman–Crippen LogP) is -0.815. The van der Waals surface area contributed by atoms with E-state index in [-0.39, 0.29) is 44.7 Å². The summed E-state index contributed by atoms with van der Waals surface area (Å²) >= 11 is 0. The van der Waals surface area contributed by atoms with Crippen LogP contribution in [0.5, 0.6) is 0 Å². The van der Waals surface area contributed by atoms with Crippen molar-refractivity contribution in [1.29, 1.82) is 0 Å². The minimum Gasteiger partial charge on any atom is -1.00 e. The first-order chi connectivity index (χ1) is 9.49. The Morgan fingerprint density at radius 2 is 1.86 bits per heavy atom. The summed E-state index contributed by atoms with van der Waals surface area (Å²) in [5, 5.41) is 37.2. The van der Waals surface area contributed by atoms with Gasteiger partial charge in [0.25, 0.3) is 0 Å². The molecule has 21 heavy (non-hydrogen) atoms. The van der Waals surface area contributed by atoms with Gasteiger partial charge in [0.05, 0.1) is 18.8 Å². The summed E-state index contributed by atoms with van der Waals surface area (Å²) in [5.74, 6) is -1.01. The smallest absolute Gasteiger partial charge is 1.00 e. The van der Waals surface area contributed by atoms with Crippen LogP contribution in [-0.2, 0) is 16.1 Å². The summed E-state index contributed by atoms with van der Waals surface area (Å²) in [6.45, 7) is -0.0364. The van der Waals surface area contributed by atoms with Crippen molar-refractivity contribution in [3.63, 3.8) is 0 Å². The van der Waals surface area contributed by atoms with Gasteiger partial charge < -0.3 is 32.8 Å². The monoisotopic (exact) mass is 310 g/mol. The Kier molecular flexibility index (Phi) is 7.01. The summed E-state index contributed by atoms with van der Waals surface area (Å²) in [6.07, 6.45) is -4.83. The Balaban J connectivity index is 0. The molecule has 4 atom stereocenters. The number of benzene rings is 1. The van der Waals surface area contributed by atoms with E-state index < -0.39 is 30.6 Å². The first kappa shape index (κ1) is 18.3. The van der Waals surface area contributed by atoms with E-state index in [1.807, 2.05) is 0 Å². The number of hydrogen-bond donors (Lipinski definition) is 4. The van der Waals surface area contributed by atoms with E-state index in [9.17, 15) is 20.1 Å². The largest absolute Gasteiger partial charge is 2.00 e. The third kappa shape index (κ3) is 4.61. The van der Waals surface area contributed by atoms with Gasteiger partial charge in [0, 0.05) is 0 Å². The van der Waals surface area contributed by atoms with Crippen molar-refractivity contribution in [3.05, 3.63) is 35.4 Å². The van der Waals surface area contributed by atoms with Crippen LogP contribution in [0.15, 0.2) is 24.3 Å². The molecule has 2 rings (SSSR count). The molecule has 0 aliphatic carbocycles. The van der Waals surface area contributed by atoms with Crippen molar-refractivity contribution in [2.24, 2.45) is 0 Å². The maximum Gasteiger partial charge on any atom is 2.00 e. The molecule has 114 valence electrons. The second-order valence-corrected chi connectivity index (χ2v) is 4.56. The third-order valence-corrected chi connectivity index (χ3v) is 3.07. The third-order valence-electron chi connectivity index (χ3n) is 3.07. The van der Waals surface area contributed by atoms with E-state index in [0.29, 0.717) is 5.56 Å². The summed E-state index contributed by atoms with van der Waals surface area (Å²) in [6, 6.07) is 6.06. The molecule has 0 unspecified atom stereocenters. The fourth-order valence-corrected chi connectivity index (χ4v) is 1.85. The standard InChI is InChI=1S/C13H16O7.Mg.2H/c14-9-6-20-13(11(16)10(9)15)19-5-7-1-3-8(4-2-7)12(17)18;;;/h1-4,9-11,13-16H,5-6H2,(H,17,18);;;/q;+2;2*-1/t9-,10+,11-,13+;;;/m1.../s1. The maximum atomic E-state index is 10.7. The predicted molar refractivity (Wildman–Crippen MR) is 73.9 cm³/mol. The summed E-state index contributed by atoms with van der Waals surface area (Å²) in [7, 11) is 0. The average Bonchev–Trinajstić information content (AvgIpc) is 2.44. The minimum atomic E-state index is -1.34. The molecule has 7 nitrogen and oxygen atoms in total. The number of aromatic carboxylic acids is 1. The van der Waals surface area contributed by atoms with Gasteiger partial charge >= 0.3 is 29.0 Å². The summed E-state index contributed by atoms with van der Waals surface area (Å²) < 4.78 is 10.4. The molecule has 0 amide bonds. The topological polar surface area (TPSA) is 116 Å². The second kappa shape index (κ2) is 8.04. The molecule has 0 bridgehead atoms. The number of carboxylic acid groups (broad SMARTS) is 1. The van der Waals surface area contributed by atoms with Gasteiger partial charge in [-0.1, -0.05) is 12.1 Å². The van der Waals surface area contributed by atoms with Gasteiger partial charge in [-0.25, -0.2) is 4.79 Å². The Labute approximate surface area is 140 Å². The van der Waals surface area contributed by atoms with Crippen molar-refractivity contribution in [2.75, 3.05) is 6.61 Å². The maximum absolute atomic E-state index is 10.7. The first-order valence-corrected chi connectivity index (χ1v) is 6.08. The Morgan fingerprint density at radius 1 is 1.24 bits per heavy atom. The molecule has 8 heteroatoms. The molecule has 1 fully saturated rings. The van der Waals surface area contributed by atoms with Crippen molar-refractivity contribution >= 4 is 29.0 Å². The number of hydrogen-bond acceptors (Lipinski definition) is 6. The van der Waals surface area contributed by atoms with Crippen LogP contribution in [0.25, 0.3) is 0 Å². The molecule has 1 aromatic carbocycles. The van der Waals surface area contributed by atoms with Gasteiger partial charge in [0.15, 0.2) is 6.29 Å². The minimum absolute atomic E-state index is 0. The van der Waals surface area contributed by atoms with E-state index in [1.165, 1.54) is 12.1 Å². The Hall–Kier alpha value is -0.744. The fraction of sp³-hybridized carbons (Fsp3) is 0.462. The summed E-state index contributed by atoms with van der Waals surface area (Å²) in [4.78, 5) is 10.7. The van der Waals surface area contributed by atoms with Crippen LogP contribution in [0.4, 0.5) is 0 Å². The van der Waals surface area contributed by atoms with Crippen LogP contribution >= 0.6 is 0 Å². The Bertz CT molecular complexity index is 474. The first-order valence-electron chi connectivity index (χ1n) is 6.08. The number of aliphatic hydroxyl groups is 3. The molecule has 1 aliphatic heterocycles. The normalized spacial score (nSPS) is 28.7. The van der Waals surface area contributed by atoms with Crippen molar-refractivity contribution in [2.45, 2.75) is 31.2 Å². The number of ether oxygens (including phenoxy) is 2. The molecule has 0 spiro atoms. The van der Waals surface area contributed by atoms with E-state index >= 15 is 0 Å². The zero-order valence-electron chi connectivity index (χ0n) is 13.3. The molecular weight excluding hydrogens is 292 g/mol. The van der Waals surface area contributed by atoms with Crippen LogP contribution in [-0.4, -0.2) is 80.7 Å². The van der Waals surface area contributed by atoms with E-state index in [2.05, 4.69) is 0 Å². The van der Waals surface area contributed by atoms with Gasteiger partial charge in [-0.3, -0.25) is 0 Å². The second-order valence-electron chi connectivity index (χ2n) is 4.56. The molecule has 1 aromatic rings. The van der Waals surface area contributed by atoms with Gasteiger partial charge in [-0.05, 0) is 17.7 Å². The van der Waals surface area contributed by atoms with Crippen LogP contribution in [0, 0.1) is 0 Å². The number of aliphatic hydroxyl groups excluding tert-OH is 3. The van der Waals surface area contributed by atoms with E-state index in [4.69, 9.17) is 14.6 Å². The Morgan fingerprint density at radius 3 is 2.43 bits per heavy atom. The number of rotatable bonds is 4. The zero-order chi connectivity index (χ0) is 14.7. The van der Waals surface area contributed by atoms with Crippen LogP contribution in [0.3, 0.4) is 0 Å². The number of carbonyl (C=O) groups is 1. The molecular formula is C13H18MgO7. The summed E-state index contributed by atoms with van der Waals surface area (Å²) in [5.41, 5.74) is 0.868. The molecule has 0 radical (unpaired) electrons. The van der Waals surface area contributed by atoms with Gasteiger partial charge in [-0.2, -0.15) is 0 Å². The van der Waals surface area contributed by atoms with Crippen LogP contribution in [0.1, 0.15) is 18.8 Å². The molecule has 1 saturated heterocycles. The zero-order valence-corrected chi connectivity index (χ0v) is 12.7. The average molecular weight is 311 g/mol. The van der Waals surface area contributed by atoms with Gasteiger partial charge in [0.1, 0.15) is 18.3 Å². The van der Waals surface area contributed by atoms with E-state index in [0.717, 1.165) is 0 Å². The molecule has 1 heterocycles. The number of carboxylic acids is 1. The van der Waals surface area contributed by atoms with Crippen molar-refractivity contribution in [3.8, 4) is 0 Å². The SMILES string of the molecule is O=C(O)c1ccc(CO[C@H]2OC[C@@H](O)[C@H](O)[C@H]2O)cc1.[H-].[H-].[Mg+2]. The van der Waals surface area contributed by atoms with Gasteiger partial charge in [0.2, 0.25) is 0 Å². The molecule has 0 aromatic heterocycles. The van der Waals surface area contributed by atoms with Crippen molar-refractivity contribution < 1.29 is 37.5 Å².